The van der Waals surface area contributed by atoms with Gasteiger partial charge >= 0.3 is 12.1 Å². The van der Waals surface area contributed by atoms with E-state index in [-0.39, 0.29) is 19.4 Å². The summed E-state index contributed by atoms with van der Waals surface area (Å²) in [6, 6.07) is 0. The van der Waals surface area contributed by atoms with Crippen molar-refractivity contribution in [3.8, 4) is 0 Å². The van der Waals surface area contributed by atoms with E-state index in [0.29, 0.717) is 6.42 Å². The van der Waals surface area contributed by atoms with Crippen molar-refractivity contribution in [2.75, 3.05) is 20.1 Å². The first-order chi connectivity index (χ1) is 8.95. The third kappa shape index (κ3) is 11.7. The minimum atomic E-state index is -2.05. The van der Waals surface area contributed by atoms with Crippen molar-refractivity contribution in [3.05, 3.63) is 0 Å². The van der Waals surface area contributed by atoms with Crippen molar-refractivity contribution >= 4 is 20.1 Å². The summed E-state index contributed by atoms with van der Waals surface area (Å²) in [6.07, 6.45) is -1.12. The van der Waals surface area contributed by atoms with Gasteiger partial charge in [0.2, 0.25) is 6.79 Å². The van der Waals surface area contributed by atoms with E-state index in [1.807, 2.05) is 6.92 Å². The number of aliphatic hydroxyl groups excluding tert-OH is 1. The number of aliphatic hydroxyl groups is 1. The van der Waals surface area contributed by atoms with Gasteiger partial charge in [0.25, 0.3) is 0 Å². The van der Waals surface area contributed by atoms with Crippen molar-refractivity contribution in [3.63, 3.8) is 0 Å². The minimum absolute atomic E-state index is 0.0568. The second-order valence-electron chi connectivity index (χ2n) is 3.60. The molecule has 0 spiro atoms. The number of hydrogen-bond donors (Lipinski definition) is 2. The highest BCUT2D eigenvalue weighted by Gasteiger charge is 2.10. The molecule has 1 amide bonds. The minimum Gasteiger partial charge on any atom is -0.428 e. The molecule has 0 aromatic heterocycles. The van der Waals surface area contributed by atoms with E-state index in [2.05, 4.69) is 14.8 Å². The third-order valence-corrected chi connectivity index (χ3v) is 2.46. The maximum Gasteiger partial charge on any atom is 0.412 e. The number of nitrogens with one attached hydrogen (secondary N) is 1. The molecule has 0 aliphatic heterocycles. The molecule has 9 heteroatoms. The van der Waals surface area contributed by atoms with Gasteiger partial charge in [-0.25, -0.2) is 4.79 Å². The predicted octanol–water partition coefficient (Wildman–Crippen LogP) is 0.843. The van der Waals surface area contributed by atoms with Gasteiger partial charge in [0.1, 0.15) is 6.23 Å². The topological polar surface area (TPSA) is 111 Å². The second-order valence-corrected chi connectivity index (χ2v) is 4.88. The largest absolute Gasteiger partial charge is 0.428 e. The normalized spacial score (nSPS) is 13.4. The number of carbonyl (C=O) groups excluding carboxylic acids is 2. The van der Waals surface area contributed by atoms with Crippen LogP contribution in [-0.2, 0) is 23.4 Å². The molecular weight excluding hydrogens is 277 g/mol. The summed E-state index contributed by atoms with van der Waals surface area (Å²) in [7, 11) is -2.05. The lowest BCUT2D eigenvalue weighted by molar-refractivity contribution is -0.151. The zero-order valence-electron chi connectivity index (χ0n) is 11.0. The van der Waals surface area contributed by atoms with E-state index in [0.717, 1.165) is 0 Å². The Morgan fingerprint density at radius 2 is 2.05 bits per heavy atom. The van der Waals surface area contributed by atoms with Crippen LogP contribution in [0, 0.1) is 0 Å². The Hall–Kier alpha value is -1.11. The van der Waals surface area contributed by atoms with E-state index in [4.69, 9.17) is 4.52 Å². The van der Waals surface area contributed by atoms with E-state index in [1.165, 1.54) is 6.66 Å². The molecule has 2 N–H and O–H groups in total. The van der Waals surface area contributed by atoms with Crippen molar-refractivity contribution in [1.29, 1.82) is 0 Å². The van der Waals surface area contributed by atoms with Crippen LogP contribution >= 0.6 is 8.03 Å². The molecule has 2 atom stereocenters. The highest BCUT2D eigenvalue weighted by atomic mass is 31.1. The van der Waals surface area contributed by atoms with E-state index < -0.39 is 33.1 Å². The van der Waals surface area contributed by atoms with Crippen LogP contribution < -0.4 is 5.32 Å². The number of hydrogen-bond acceptors (Lipinski definition) is 7. The zero-order chi connectivity index (χ0) is 14.7. The molecule has 19 heavy (non-hydrogen) atoms. The Morgan fingerprint density at radius 1 is 1.37 bits per heavy atom. The molecule has 0 aliphatic carbocycles. The SMILES string of the molecule is CCCC(=O)OCOC(=O)NC(O)CCO[PH](C)=O. The number of alkyl carbamates (subject to hydrolysis) is 1. The Labute approximate surface area is 112 Å². The summed E-state index contributed by atoms with van der Waals surface area (Å²) in [6.45, 7) is 2.79. The average Bonchev–Trinajstić information content (AvgIpc) is 2.28. The van der Waals surface area contributed by atoms with Gasteiger partial charge in [0.05, 0.1) is 6.61 Å². The van der Waals surface area contributed by atoms with Crippen LogP contribution in [0.1, 0.15) is 26.2 Å². The summed E-state index contributed by atoms with van der Waals surface area (Å²) in [5, 5.41) is 11.4. The number of rotatable bonds is 9. The maximum atomic E-state index is 11.1. The molecule has 0 aromatic rings. The Balaban J connectivity index is 3.62. The molecule has 0 aliphatic rings. The molecule has 0 rings (SSSR count). The summed E-state index contributed by atoms with van der Waals surface area (Å²) < 4.78 is 24.5. The van der Waals surface area contributed by atoms with Gasteiger partial charge in [0.15, 0.2) is 8.03 Å². The molecular formula is C10H20NO7P. The molecule has 112 valence electrons. The molecule has 0 bridgehead atoms. The Morgan fingerprint density at radius 3 is 2.63 bits per heavy atom. The number of ether oxygens (including phenoxy) is 2. The van der Waals surface area contributed by atoms with Gasteiger partial charge < -0.3 is 19.1 Å². The lowest BCUT2D eigenvalue weighted by atomic mass is 10.3. The fraction of sp³-hybridized carbons (Fsp3) is 0.800. The third-order valence-electron chi connectivity index (χ3n) is 1.85. The van der Waals surface area contributed by atoms with E-state index in [9.17, 15) is 19.3 Å². The molecule has 0 saturated carbocycles. The van der Waals surface area contributed by atoms with Crippen LogP contribution in [0.25, 0.3) is 0 Å². The first-order valence-corrected chi connectivity index (χ1v) is 7.67. The monoisotopic (exact) mass is 297 g/mol. The highest BCUT2D eigenvalue weighted by molar-refractivity contribution is 7.38. The van der Waals surface area contributed by atoms with E-state index in [1.54, 1.807) is 0 Å². The van der Waals surface area contributed by atoms with Gasteiger partial charge in [-0.2, -0.15) is 0 Å². The average molecular weight is 297 g/mol. The quantitative estimate of drug-likeness (QED) is 0.368. The standard InChI is InChI=1S/C10H20NO7P/c1-3-4-9(13)16-7-17-10(14)11-8(12)5-6-18-19(2)15/h8,12,19H,3-7H2,1-2H3,(H,11,14). The van der Waals surface area contributed by atoms with Crippen molar-refractivity contribution in [1.82, 2.24) is 5.32 Å². The summed E-state index contributed by atoms with van der Waals surface area (Å²) in [4.78, 5) is 22.0. The van der Waals surface area contributed by atoms with E-state index >= 15 is 0 Å². The molecule has 0 aromatic carbocycles. The number of carbonyl (C=O) groups is 2. The Kier molecular flexibility index (Phi) is 10.1. The molecule has 8 nitrogen and oxygen atoms in total. The summed E-state index contributed by atoms with van der Waals surface area (Å²) >= 11 is 0. The highest BCUT2D eigenvalue weighted by Crippen LogP contribution is 2.15. The lowest BCUT2D eigenvalue weighted by Crippen LogP contribution is -2.36. The second kappa shape index (κ2) is 10.8. The maximum absolute atomic E-state index is 11.1. The van der Waals surface area contributed by atoms with Crippen LogP contribution in [-0.4, -0.2) is 43.5 Å². The lowest BCUT2D eigenvalue weighted by Gasteiger charge is -2.12. The van der Waals surface area contributed by atoms with Crippen LogP contribution in [0.2, 0.25) is 0 Å². The van der Waals surface area contributed by atoms with Crippen LogP contribution in [0.4, 0.5) is 4.79 Å². The first-order valence-electron chi connectivity index (χ1n) is 5.86. The molecule has 0 heterocycles. The van der Waals surface area contributed by atoms with Gasteiger partial charge in [-0.3, -0.25) is 14.7 Å². The summed E-state index contributed by atoms with van der Waals surface area (Å²) in [5.41, 5.74) is 0. The summed E-state index contributed by atoms with van der Waals surface area (Å²) in [5.74, 6) is -0.461. The predicted molar refractivity (Wildman–Crippen MR) is 67.0 cm³/mol. The zero-order valence-corrected chi connectivity index (χ0v) is 12.0. The van der Waals surface area contributed by atoms with Crippen LogP contribution in [0.3, 0.4) is 0 Å². The number of esters is 1. The molecule has 0 saturated heterocycles. The van der Waals surface area contributed by atoms with Crippen molar-refractivity contribution < 1.29 is 33.3 Å². The van der Waals surface area contributed by atoms with Crippen molar-refractivity contribution in [2.24, 2.45) is 0 Å². The van der Waals surface area contributed by atoms with Crippen molar-refractivity contribution in [2.45, 2.75) is 32.4 Å². The van der Waals surface area contributed by atoms with Gasteiger partial charge in [-0.05, 0) is 6.42 Å². The molecule has 2 unspecified atom stereocenters. The van der Waals surface area contributed by atoms with Gasteiger partial charge in [0, 0.05) is 19.5 Å². The first kappa shape index (κ1) is 17.9. The Bertz CT molecular complexity index is 310. The van der Waals surface area contributed by atoms with Crippen LogP contribution in [0.15, 0.2) is 0 Å². The van der Waals surface area contributed by atoms with Gasteiger partial charge in [-0.15, -0.1) is 0 Å². The van der Waals surface area contributed by atoms with Gasteiger partial charge in [-0.1, -0.05) is 6.92 Å². The molecule has 0 fully saturated rings. The number of amides is 1. The fourth-order valence-corrected chi connectivity index (χ4v) is 1.39. The molecule has 0 radical (unpaired) electrons. The smallest absolute Gasteiger partial charge is 0.412 e. The fourth-order valence-electron chi connectivity index (χ4n) is 0.989. The van der Waals surface area contributed by atoms with Crippen LogP contribution in [0.5, 0.6) is 0 Å².